The summed E-state index contributed by atoms with van der Waals surface area (Å²) in [6.45, 7) is 1.84. The first kappa shape index (κ1) is 19.6. The maximum absolute atomic E-state index is 11.8. The van der Waals surface area contributed by atoms with Gasteiger partial charge in [0.2, 0.25) is 5.37 Å². The summed E-state index contributed by atoms with van der Waals surface area (Å²) in [4.78, 5) is 32.2. The molecule has 0 aliphatic carbocycles. The predicted octanol–water partition coefficient (Wildman–Crippen LogP) is 1.83. The van der Waals surface area contributed by atoms with E-state index in [0.29, 0.717) is 17.9 Å². The average molecular weight is 354 g/mol. The summed E-state index contributed by atoms with van der Waals surface area (Å²) < 4.78 is 4.89. The van der Waals surface area contributed by atoms with Crippen LogP contribution in [-0.2, 0) is 14.3 Å². The van der Waals surface area contributed by atoms with E-state index < -0.39 is 22.2 Å². The first-order valence-corrected chi connectivity index (χ1v) is 8.12. The number of ether oxygens (including phenoxy) is 1. The van der Waals surface area contributed by atoms with Crippen LogP contribution in [0.3, 0.4) is 0 Å². The Bertz CT molecular complexity index is 605. The van der Waals surface area contributed by atoms with Gasteiger partial charge in [0, 0.05) is 18.1 Å². The number of nitrogens with zero attached hydrogens (tertiary/aromatic N) is 3. The summed E-state index contributed by atoms with van der Waals surface area (Å²) in [5.74, 6) is -1.37. The lowest BCUT2D eigenvalue weighted by Crippen LogP contribution is -2.22. The second-order valence-electron chi connectivity index (χ2n) is 4.44. The number of carbonyl (C=O) groups excluding carboxylic acids is 2. The van der Waals surface area contributed by atoms with Crippen LogP contribution in [0, 0.1) is 10.1 Å². The third-order valence-electron chi connectivity index (χ3n) is 2.63. The number of esters is 1. The van der Waals surface area contributed by atoms with Crippen LogP contribution < -0.4 is 5.11 Å². The molecule has 0 fully saturated rings. The molecule has 1 rings (SSSR count). The fourth-order valence-electron chi connectivity index (χ4n) is 1.53. The topological polar surface area (TPSA) is 134 Å². The molecule has 1 aromatic rings. The number of thioether (sulfide) groups is 1. The fraction of sp³-hybridized carbons (Fsp3) is 0.429. The molecule has 0 saturated heterocycles. The molecule has 0 amide bonds. The molecule has 1 unspecified atom stereocenters. The van der Waals surface area contributed by atoms with E-state index in [0.717, 1.165) is 11.8 Å². The Morgan fingerprint density at radius 2 is 2.00 bits per heavy atom. The fourth-order valence-corrected chi connectivity index (χ4v) is 2.39. The van der Waals surface area contributed by atoms with Gasteiger partial charge >= 0.3 is 5.97 Å². The highest BCUT2D eigenvalue weighted by Gasteiger charge is 2.19. The molecular formula is C14H16N3O6S-. The lowest BCUT2D eigenvalue weighted by Gasteiger charge is -2.10. The highest BCUT2D eigenvalue weighted by Crippen LogP contribution is 2.22. The predicted molar refractivity (Wildman–Crippen MR) is 84.7 cm³/mol. The van der Waals surface area contributed by atoms with E-state index >= 15 is 0 Å². The smallest absolute Gasteiger partial charge is 0.343 e. The molecule has 0 aliphatic heterocycles. The van der Waals surface area contributed by atoms with Crippen LogP contribution >= 0.6 is 11.8 Å². The van der Waals surface area contributed by atoms with Crippen LogP contribution in [0.15, 0.2) is 34.5 Å². The number of carboxylic acids is 1. The van der Waals surface area contributed by atoms with Crippen LogP contribution in [0.5, 0.6) is 0 Å². The third-order valence-corrected chi connectivity index (χ3v) is 3.75. The number of hydrogen-bond acceptors (Lipinski definition) is 9. The van der Waals surface area contributed by atoms with E-state index in [4.69, 9.17) is 4.74 Å². The Hall–Kier alpha value is -2.49. The Morgan fingerprint density at radius 1 is 1.33 bits per heavy atom. The Balaban J connectivity index is 2.69. The van der Waals surface area contributed by atoms with Gasteiger partial charge in [-0.15, -0.1) is 11.8 Å². The van der Waals surface area contributed by atoms with E-state index in [1.807, 2.05) is 0 Å². The molecule has 24 heavy (non-hydrogen) atoms. The SMILES string of the molecule is CCOC(=O)C(N=Nc1ccc([N+](=O)[O-])cc1)SCCCC(=O)[O-]. The van der Waals surface area contributed by atoms with Crippen molar-refractivity contribution in [2.24, 2.45) is 10.2 Å². The number of carbonyl (C=O) groups is 2. The van der Waals surface area contributed by atoms with Gasteiger partial charge in [-0.25, -0.2) is 4.79 Å². The number of hydrogen-bond donors (Lipinski definition) is 0. The van der Waals surface area contributed by atoms with Gasteiger partial charge in [-0.2, -0.15) is 10.2 Å². The highest BCUT2D eigenvalue weighted by atomic mass is 32.2. The van der Waals surface area contributed by atoms with Crippen molar-refractivity contribution in [2.45, 2.75) is 25.1 Å². The maximum Gasteiger partial charge on any atom is 0.343 e. The van der Waals surface area contributed by atoms with Gasteiger partial charge in [0.15, 0.2) is 0 Å². The lowest BCUT2D eigenvalue weighted by molar-refractivity contribution is -0.384. The summed E-state index contributed by atoms with van der Waals surface area (Å²) in [5.41, 5.74) is 0.276. The molecule has 0 bridgehead atoms. The molecule has 0 radical (unpaired) electrons. The maximum atomic E-state index is 11.8. The molecule has 0 heterocycles. The number of azo groups is 1. The van der Waals surface area contributed by atoms with Crippen LogP contribution in [0.1, 0.15) is 19.8 Å². The van der Waals surface area contributed by atoms with Crippen LogP contribution in [-0.4, -0.2) is 34.6 Å². The molecule has 1 atom stereocenters. The standard InChI is InChI=1S/C14H17N3O6S/c1-2-23-14(20)13(24-9-3-4-12(18)19)16-15-10-5-7-11(8-6-10)17(21)22/h5-8,13H,2-4,9H2,1H3,(H,18,19)/p-1. The zero-order chi connectivity index (χ0) is 17.9. The zero-order valence-electron chi connectivity index (χ0n) is 12.9. The van der Waals surface area contributed by atoms with Crippen molar-refractivity contribution in [1.82, 2.24) is 0 Å². The Morgan fingerprint density at radius 3 is 2.54 bits per heavy atom. The van der Waals surface area contributed by atoms with Crippen molar-refractivity contribution < 1.29 is 24.4 Å². The number of rotatable bonds is 10. The van der Waals surface area contributed by atoms with Crippen LogP contribution in [0.2, 0.25) is 0 Å². The minimum Gasteiger partial charge on any atom is -0.550 e. The van der Waals surface area contributed by atoms with Gasteiger partial charge in [0.1, 0.15) is 0 Å². The lowest BCUT2D eigenvalue weighted by atomic mass is 10.3. The van der Waals surface area contributed by atoms with E-state index in [1.54, 1.807) is 6.92 Å². The second-order valence-corrected chi connectivity index (χ2v) is 5.63. The van der Waals surface area contributed by atoms with Gasteiger partial charge in [-0.05, 0) is 37.7 Å². The third kappa shape index (κ3) is 7.18. The first-order valence-electron chi connectivity index (χ1n) is 7.07. The van der Waals surface area contributed by atoms with Crippen molar-refractivity contribution >= 4 is 35.1 Å². The molecule has 0 spiro atoms. The molecule has 0 aliphatic rings. The minimum absolute atomic E-state index is 0.0763. The highest BCUT2D eigenvalue weighted by molar-refractivity contribution is 8.00. The van der Waals surface area contributed by atoms with E-state index in [-0.39, 0.29) is 18.7 Å². The summed E-state index contributed by atoms with van der Waals surface area (Å²) in [7, 11) is 0. The molecule has 0 aromatic heterocycles. The van der Waals surface area contributed by atoms with Crippen molar-refractivity contribution in [3.8, 4) is 0 Å². The Labute approximate surface area is 142 Å². The van der Waals surface area contributed by atoms with Gasteiger partial charge in [0.25, 0.3) is 5.69 Å². The van der Waals surface area contributed by atoms with E-state index in [2.05, 4.69) is 10.2 Å². The van der Waals surface area contributed by atoms with Crippen LogP contribution in [0.25, 0.3) is 0 Å². The molecule has 10 heteroatoms. The largest absolute Gasteiger partial charge is 0.550 e. The second kappa shape index (κ2) is 10.3. The number of aliphatic carboxylic acids is 1. The normalized spacial score (nSPS) is 12.0. The van der Waals surface area contributed by atoms with Crippen LogP contribution in [0.4, 0.5) is 11.4 Å². The molecular weight excluding hydrogens is 338 g/mol. The number of benzene rings is 1. The monoisotopic (exact) mass is 354 g/mol. The zero-order valence-corrected chi connectivity index (χ0v) is 13.7. The Kier molecular flexibility index (Phi) is 8.41. The van der Waals surface area contributed by atoms with Gasteiger partial charge in [-0.3, -0.25) is 10.1 Å². The van der Waals surface area contributed by atoms with E-state index in [9.17, 15) is 24.8 Å². The summed E-state index contributed by atoms with van der Waals surface area (Å²) in [6, 6.07) is 5.37. The number of nitro groups is 1. The van der Waals surface area contributed by atoms with Crippen molar-refractivity contribution in [3.05, 3.63) is 34.4 Å². The molecule has 130 valence electrons. The van der Waals surface area contributed by atoms with Crippen molar-refractivity contribution in [3.63, 3.8) is 0 Å². The van der Waals surface area contributed by atoms with E-state index in [1.165, 1.54) is 24.3 Å². The molecule has 0 N–H and O–H groups in total. The first-order chi connectivity index (χ1) is 11.4. The van der Waals surface area contributed by atoms with Crippen molar-refractivity contribution in [2.75, 3.05) is 12.4 Å². The number of nitro benzene ring substituents is 1. The average Bonchev–Trinajstić information content (AvgIpc) is 2.54. The quantitative estimate of drug-likeness (QED) is 0.206. The summed E-state index contributed by atoms with van der Waals surface area (Å²) >= 11 is 1.10. The molecule has 0 saturated carbocycles. The number of carboxylic acid groups (broad SMARTS) is 1. The number of non-ortho nitro benzene ring substituents is 1. The van der Waals surface area contributed by atoms with Gasteiger partial charge < -0.3 is 14.6 Å². The van der Waals surface area contributed by atoms with Gasteiger partial charge in [0.05, 0.1) is 17.2 Å². The van der Waals surface area contributed by atoms with Crippen molar-refractivity contribution in [1.29, 1.82) is 0 Å². The summed E-state index contributed by atoms with van der Waals surface area (Å²) in [6.07, 6.45) is 0.220. The van der Waals surface area contributed by atoms with Gasteiger partial charge in [-0.1, -0.05) is 0 Å². The minimum atomic E-state index is -1.16. The molecule has 1 aromatic carbocycles. The molecule has 9 nitrogen and oxygen atoms in total. The summed E-state index contributed by atoms with van der Waals surface area (Å²) in [5, 5.41) is 27.8.